The number of rotatable bonds is 1. The van der Waals surface area contributed by atoms with Crippen LogP contribution >= 0.6 is 11.8 Å². The highest BCUT2D eigenvalue weighted by Crippen LogP contribution is 2.59. The SMILES string of the molecule is NC[C@H]1CC12CCSCC2. The molecule has 0 amide bonds. The first-order valence-electron chi connectivity index (χ1n) is 4.15. The first-order chi connectivity index (χ1) is 4.87. The summed E-state index contributed by atoms with van der Waals surface area (Å²) in [5, 5.41) is 0. The number of hydrogen-bond donors (Lipinski definition) is 1. The molecule has 0 radical (unpaired) electrons. The molecule has 0 aromatic carbocycles. The van der Waals surface area contributed by atoms with Crippen LogP contribution in [0, 0.1) is 11.3 Å². The Morgan fingerprint density at radius 2 is 2.10 bits per heavy atom. The van der Waals surface area contributed by atoms with E-state index < -0.39 is 0 Å². The van der Waals surface area contributed by atoms with Gasteiger partial charge < -0.3 is 5.73 Å². The topological polar surface area (TPSA) is 26.0 Å². The average molecular weight is 157 g/mol. The Hall–Kier alpha value is 0.310. The third-order valence-corrected chi connectivity index (χ3v) is 4.12. The molecule has 2 N–H and O–H groups in total. The van der Waals surface area contributed by atoms with E-state index in [1.165, 1.54) is 30.8 Å². The van der Waals surface area contributed by atoms with Crippen molar-refractivity contribution in [2.24, 2.45) is 17.1 Å². The fourth-order valence-electron chi connectivity index (χ4n) is 2.16. The van der Waals surface area contributed by atoms with E-state index in [0.29, 0.717) is 0 Å². The zero-order valence-corrected chi connectivity index (χ0v) is 7.12. The standard InChI is InChI=1S/C8H15NS/c9-6-7-5-8(7)1-3-10-4-2-8/h7H,1-6,9H2/t7-/m1/s1. The third-order valence-electron chi connectivity index (χ3n) is 3.13. The summed E-state index contributed by atoms with van der Waals surface area (Å²) in [7, 11) is 0. The maximum Gasteiger partial charge on any atom is -0.00433 e. The van der Waals surface area contributed by atoms with Gasteiger partial charge in [-0.05, 0) is 48.6 Å². The zero-order valence-electron chi connectivity index (χ0n) is 6.31. The molecular formula is C8H15NS. The molecule has 1 atom stereocenters. The highest BCUT2D eigenvalue weighted by atomic mass is 32.2. The predicted molar refractivity (Wildman–Crippen MR) is 46.2 cm³/mol. The van der Waals surface area contributed by atoms with Gasteiger partial charge in [0.05, 0.1) is 0 Å². The number of thioether (sulfide) groups is 1. The van der Waals surface area contributed by atoms with Crippen LogP contribution < -0.4 is 5.73 Å². The highest BCUT2D eigenvalue weighted by Gasteiger charge is 2.52. The van der Waals surface area contributed by atoms with Gasteiger partial charge in [0.25, 0.3) is 0 Å². The molecule has 0 aromatic heterocycles. The first-order valence-corrected chi connectivity index (χ1v) is 5.31. The van der Waals surface area contributed by atoms with Crippen LogP contribution in [-0.2, 0) is 0 Å². The fourth-order valence-corrected chi connectivity index (χ4v) is 3.46. The molecule has 1 aliphatic carbocycles. The molecule has 2 rings (SSSR count). The molecule has 2 heteroatoms. The van der Waals surface area contributed by atoms with Crippen molar-refractivity contribution >= 4 is 11.8 Å². The monoisotopic (exact) mass is 157 g/mol. The molecule has 1 heterocycles. The first kappa shape index (κ1) is 6.99. The van der Waals surface area contributed by atoms with Gasteiger partial charge in [-0.1, -0.05) is 0 Å². The normalized spacial score (nSPS) is 36.3. The van der Waals surface area contributed by atoms with Gasteiger partial charge in [-0.2, -0.15) is 11.8 Å². The van der Waals surface area contributed by atoms with E-state index in [1.807, 2.05) is 0 Å². The Bertz CT molecular complexity index is 129. The Morgan fingerprint density at radius 1 is 1.40 bits per heavy atom. The van der Waals surface area contributed by atoms with E-state index in [0.717, 1.165) is 17.9 Å². The van der Waals surface area contributed by atoms with Crippen molar-refractivity contribution in [3.63, 3.8) is 0 Å². The lowest BCUT2D eigenvalue weighted by Gasteiger charge is -2.21. The van der Waals surface area contributed by atoms with Crippen LogP contribution in [0.4, 0.5) is 0 Å². The molecule has 0 bridgehead atoms. The molecule has 0 aromatic rings. The zero-order chi connectivity index (χ0) is 7.03. The summed E-state index contributed by atoms with van der Waals surface area (Å²) in [4.78, 5) is 0. The third kappa shape index (κ3) is 0.978. The van der Waals surface area contributed by atoms with Gasteiger partial charge in [-0.25, -0.2) is 0 Å². The van der Waals surface area contributed by atoms with Crippen LogP contribution in [0.5, 0.6) is 0 Å². The summed E-state index contributed by atoms with van der Waals surface area (Å²) >= 11 is 2.11. The van der Waals surface area contributed by atoms with E-state index in [2.05, 4.69) is 11.8 Å². The van der Waals surface area contributed by atoms with Crippen LogP contribution in [0.1, 0.15) is 19.3 Å². The van der Waals surface area contributed by atoms with Crippen molar-refractivity contribution in [3.8, 4) is 0 Å². The summed E-state index contributed by atoms with van der Waals surface area (Å²) < 4.78 is 0. The van der Waals surface area contributed by atoms with E-state index in [4.69, 9.17) is 5.73 Å². The molecule has 1 saturated carbocycles. The Labute approximate surface area is 66.7 Å². The molecule has 10 heavy (non-hydrogen) atoms. The second-order valence-corrected chi connectivity index (χ2v) is 4.84. The van der Waals surface area contributed by atoms with Crippen molar-refractivity contribution in [1.29, 1.82) is 0 Å². The Morgan fingerprint density at radius 3 is 2.60 bits per heavy atom. The molecule has 1 saturated heterocycles. The lowest BCUT2D eigenvalue weighted by molar-refractivity contribution is 0.422. The minimum Gasteiger partial charge on any atom is -0.330 e. The van der Waals surface area contributed by atoms with E-state index in [1.54, 1.807) is 0 Å². The van der Waals surface area contributed by atoms with Crippen molar-refractivity contribution in [1.82, 2.24) is 0 Å². The van der Waals surface area contributed by atoms with Gasteiger partial charge in [0.2, 0.25) is 0 Å². The van der Waals surface area contributed by atoms with Crippen LogP contribution in [0.15, 0.2) is 0 Å². The van der Waals surface area contributed by atoms with E-state index in [9.17, 15) is 0 Å². The molecular weight excluding hydrogens is 142 g/mol. The molecule has 1 nitrogen and oxygen atoms in total. The predicted octanol–water partition coefficient (Wildman–Crippen LogP) is 1.48. The van der Waals surface area contributed by atoms with Crippen LogP contribution in [-0.4, -0.2) is 18.1 Å². The summed E-state index contributed by atoms with van der Waals surface area (Å²) in [5.41, 5.74) is 6.38. The highest BCUT2D eigenvalue weighted by molar-refractivity contribution is 7.99. The van der Waals surface area contributed by atoms with Gasteiger partial charge in [0, 0.05) is 0 Å². The smallest absolute Gasteiger partial charge is 0.00433 e. The number of hydrogen-bond acceptors (Lipinski definition) is 2. The van der Waals surface area contributed by atoms with Gasteiger partial charge in [0.1, 0.15) is 0 Å². The van der Waals surface area contributed by atoms with Crippen molar-refractivity contribution in [2.45, 2.75) is 19.3 Å². The average Bonchev–Trinajstić information content (AvgIpc) is 2.65. The largest absolute Gasteiger partial charge is 0.330 e. The number of nitrogens with two attached hydrogens (primary N) is 1. The molecule has 0 unspecified atom stereocenters. The molecule has 1 spiro atoms. The maximum atomic E-state index is 5.63. The van der Waals surface area contributed by atoms with E-state index in [-0.39, 0.29) is 0 Å². The van der Waals surface area contributed by atoms with Crippen LogP contribution in [0.3, 0.4) is 0 Å². The van der Waals surface area contributed by atoms with Gasteiger partial charge >= 0.3 is 0 Å². The lowest BCUT2D eigenvalue weighted by atomic mass is 9.96. The van der Waals surface area contributed by atoms with Crippen LogP contribution in [0.25, 0.3) is 0 Å². The quantitative estimate of drug-likeness (QED) is 0.624. The Kier molecular flexibility index (Phi) is 1.69. The second kappa shape index (κ2) is 2.42. The van der Waals surface area contributed by atoms with E-state index >= 15 is 0 Å². The van der Waals surface area contributed by atoms with Gasteiger partial charge in [0.15, 0.2) is 0 Å². The minimum absolute atomic E-state index is 0.750. The summed E-state index contributed by atoms with van der Waals surface area (Å²) in [6.07, 6.45) is 4.32. The summed E-state index contributed by atoms with van der Waals surface area (Å²) in [6, 6.07) is 0. The lowest BCUT2D eigenvalue weighted by Crippen LogP contribution is -2.16. The molecule has 58 valence electrons. The van der Waals surface area contributed by atoms with Crippen molar-refractivity contribution in [3.05, 3.63) is 0 Å². The summed E-state index contributed by atoms with van der Waals surface area (Å²) in [5.74, 6) is 3.67. The second-order valence-electron chi connectivity index (χ2n) is 3.61. The molecule has 2 fully saturated rings. The summed E-state index contributed by atoms with van der Waals surface area (Å²) in [6.45, 7) is 0.935. The fraction of sp³-hybridized carbons (Fsp3) is 1.00. The minimum atomic E-state index is 0.750. The van der Waals surface area contributed by atoms with Gasteiger partial charge in [-0.3, -0.25) is 0 Å². The maximum absolute atomic E-state index is 5.63. The van der Waals surface area contributed by atoms with Crippen LogP contribution in [0.2, 0.25) is 0 Å². The Balaban J connectivity index is 1.92. The van der Waals surface area contributed by atoms with Gasteiger partial charge in [-0.15, -0.1) is 0 Å². The van der Waals surface area contributed by atoms with Crippen molar-refractivity contribution in [2.75, 3.05) is 18.1 Å². The molecule has 2 aliphatic rings. The molecule has 1 aliphatic heterocycles. The van der Waals surface area contributed by atoms with Crippen molar-refractivity contribution < 1.29 is 0 Å².